The lowest BCUT2D eigenvalue weighted by Crippen LogP contribution is -2.06. The molecule has 1 N–H and O–H groups in total. The van der Waals surface area contributed by atoms with Crippen LogP contribution in [-0.4, -0.2) is 24.7 Å². The molecule has 0 aliphatic carbocycles. The Labute approximate surface area is 129 Å². The summed E-state index contributed by atoms with van der Waals surface area (Å²) in [5.74, 6) is 0.816. The Hall–Kier alpha value is -2.63. The quantitative estimate of drug-likeness (QED) is 0.663. The number of carbonyl (C=O) groups excluding carboxylic acids is 1. The van der Waals surface area contributed by atoms with Gasteiger partial charge in [-0.25, -0.2) is 4.79 Å². The molecule has 1 aromatic carbocycles. The molecule has 2 rings (SSSR count). The number of azo groups is 1. The third kappa shape index (κ3) is 3.16. The van der Waals surface area contributed by atoms with Crippen molar-refractivity contribution in [1.82, 2.24) is 4.98 Å². The van der Waals surface area contributed by atoms with Crippen LogP contribution < -0.4 is 4.74 Å². The minimum atomic E-state index is -0.354. The van der Waals surface area contributed by atoms with Crippen molar-refractivity contribution < 1.29 is 14.3 Å². The number of ether oxygens (including phenoxy) is 2. The lowest BCUT2D eigenvalue weighted by Gasteiger charge is -2.02. The van der Waals surface area contributed by atoms with Crippen molar-refractivity contribution in [3.05, 3.63) is 41.1 Å². The summed E-state index contributed by atoms with van der Waals surface area (Å²) in [4.78, 5) is 15.0. The lowest BCUT2D eigenvalue weighted by molar-refractivity contribution is 0.0525. The van der Waals surface area contributed by atoms with Crippen molar-refractivity contribution in [2.45, 2.75) is 20.8 Å². The second-order valence-corrected chi connectivity index (χ2v) is 4.69. The smallest absolute Gasteiger partial charge is 0.340 e. The van der Waals surface area contributed by atoms with Crippen LogP contribution in [0.1, 0.15) is 28.5 Å². The first-order chi connectivity index (χ1) is 10.6. The Morgan fingerprint density at radius 2 is 1.95 bits per heavy atom. The van der Waals surface area contributed by atoms with E-state index in [9.17, 15) is 4.79 Å². The normalized spacial score (nSPS) is 10.9. The van der Waals surface area contributed by atoms with Crippen molar-refractivity contribution in [3.63, 3.8) is 0 Å². The van der Waals surface area contributed by atoms with Crippen LogP contribution in [0.2, 0.25) is 0 Å². The van der Waals surface area contributed by atoms with Gasteiger partial charge in [0.2, 0.25) is 0 Å². The first-order valence-electron chi connectivity index (χ1n) is 6.99. The predicted molar refractivity (Wildman–Crippen MR) is 83.4 cm³/mol. The minimum absolute atomic E-state index is 0.334. The highest BCUT2D eigenvalue weighted by Gasteiger charge is 2.19. The fourth-order valence-corrected chi connectivity index (χ4v) is 2.16. The van der Waals surface area contributed by atoms with Gasteiger partial charge in [0.1, 0.15) is 11.4 Å². The van der Waals surface area contributed by atoms with Crippen LogP contribution in [0.4, 0.5) is 11.5 Å². The maximum absolute atomic E-state index is 11.9. The minimum Gasteiger partial charge on any atom is -0.494 e. The molecule has 0 radical (unpaired) electrons. The largest absolute Gasteiger partial charge is 0.494 e. The molecule has 0 bridgehead atoms. The van der Waals surface area contributed by atoms with E-state index in [4.69, 9.17) is 9.47 Å². The highest BCUT2D eigenvalue weighted by Crippen LogP contribution is 2.30. The summed E-state index contributed by atoms with van der Waals surface area (Å²) in [6.45, 7) is 5.73. The van der Waals surface area contributed by atoms with Gasteiger partial charge in [-0.15, -0.1) is 10.2 Å². The number of hydrogen-bond acceptors (Lipinski definition) is 5. The number of esters is 1. The van der Waals surface area contributed by atoms with Gasteiger partial charge in [0, 0.05) is 11.3 Å². The molecule has 2 aromatic rings. The highest BCUT2D eigenvalue weighted by molar-refractivity contribution is 5.94. The molecule has 116 valence electrons. The van der Waals surface area contributed by atoms with E-state index < -0.39 is 0 Å². The third-order valence-electron chi connectivity index (χ3n) is 3.23. The van der Waals surface area contributed by atoms with Crippen LogP contribution in [0.5, 0.6) is 5.75 Å². The fourth-order valence-electron chi connectivity index (χ4n) is 2.16. The molecule has 0 atom stereocenters. The Kier molecular flexibility index (Phi) is 4.93. The molecule has 0 aliphatic rings. The summed E-state index contributed by atoms with van der Waals surface area (Å²) in [5, 5.41) is 8.37. The first-order valence-corrected chi connectivity index (χ1v) is 6.99. The Balaban J connectivity index is 2.33. The monoisotopic (exact) mass is 301 g/mol. The van der Waals surface area contributed by atoms with Crippen LogP contribution >= 0.6 is 0 Å². The standard InChI is InChI=1S/C16H19N3O3/c1-5-22-16(20)14-10(2)15(17-11(14)3)19-18-12-8-6-7-9-13(12)21-4/h6-9,17H,5H2,1-4H3. The van der Waals surface area contributed by atoms with Gasteiger partial charge in [0.15, 0.2) is 5.82 Å². The van der Waals surface area contributed by atoms with Crippen molar-refractivity contribution >= 4 is 17.5 Å². The van der Waals surface area contributed by atoms with Crippen molar-refractivity contribution in [1.29, 1.82) is 0 Å². The number of para-hydroxylation sites is 1. The summed E-state index contributed by atoms with van der Waals surface area (Å²) in [5.41, 5.74) is 2.56. The molecule has 0 unspecified atom stereocenters. The Morgan fingerprint density at radius 1 is 1.23 bits per heavy atom. The summed E-state index contributed by atoms with van der Waals surface area (Å²) in [6.07, 6.45) is 0. The van der Waals surface area contributed by atoms with Gasteiger partial charge >= 0.3 is 5.97 Å². The number of carbonyl (C=O) groups is 1. The number of benzene rings is 1. The average molecular weight is 301 g/mol. The molecule has 1 heterocycles. The van der Waals surface area contributed by atoms with Gasteiger partial charge in [0.25, 0.3) is 0 Å². The number of aryl methyl sites for hydroxylation is 1. The van der Waals surface area contributed by atoms with E-state index in [1.807, 2.05) is 25.1 Å². The SMILES string of the molecule is CCOC(=O)c1c(C)[nH]c(N=Nc2ccccc2OC)c1C. The maximum Gasteiger partial charge on any atom is 0.340 e. The maximum atomic E-state index is 11.9. The molecule has 0 aliphatic heterocycles. The first kappa shape index (κ1) is 15.8. The number of H-pyrrole nitrogens is 1. The van der Waals surface area contributed by atoms with Crippen molar-refractivity contribution in [2.24, 2.45) is 10.2 Å². The molecule has 22 heavy (non-hydrogen) atoms. The molecule has 1 aromatic heterocycles. The van der Waals surface area contributed by atoms with Gasteiger partial charge in [-0.3, -0.25) is 0 Å². The van der Waals surface area contributed by atoms with E-state index in [1.165, 1.54) is 0 Å². The Bertz CT molecular complexity index is 705. The van der Waals surface area contributed by atoms with E-state index in [0.717, 1.165) is 5.56 Å². The molecular formula is C16H19N3O3. The van der Waals surface area contributed by atoms with Crippen molar-refractivity contribution in [3.8, 4) is 5.75 Å². The van der Waals surface area contributed by atoms with Crippen LogP contribution in [0.25, 0.3) is 0 Å². The zero-order valence-corrected chi connectivity index (χ0v) is 13.1. The van der Waals surface area contributed by atoms with E-state index in [0.29, 0.717) is 35.1 Å². The fraction of sp³-hybridized carbons (Fsp3) is 0.312. The molecule has 0 saturated heterocycles. The highest BCUT2D eigenvalue weighted by atomic mass is 16.5. The van der Waals surface area contributed by atoms with Crippen LogP contribution in [0.15, 0.2) is 34.5 Å². The number of aromatic nitrogens is 1. The zero-order valence-electron chi connectivity index (χ0n) is 13.1. The summed E-state index contributed by atoms with van der Waals surface area (Å²) < 4.78 is 10.3. The van der Waals surface area contributed by atoms with E-state index in [1.54, 1.807) is 27.0 Å². The molecule has 0 amide bonds. The number of hydrogen-bond donors (Lipinski definition) is 1. The van der Waals surface area contributed by atoms with Gasteiger partial charge in [-0.1, -0.05) is 12.1 Å². The Morgan fingerprint density at radius 3 is 2.64 bits per heavy atom. The van der Waals surface area contributed by atoms with Crippen molar-refractivity contribution in [2.75, 3.05) is 13.7 Å². The number of nitrogens with zero attached hydrogens (tertiary/aromatic N) is 2. The molecule has 0 fully saturated rings. The molecule has 6 nitrogen and oxygen atoms in total. The van der Waals surface area contributed by atoms with E-state index in [2.05, 4.69) is 15.2 Å². The van der Waals surface area contributed by atoms with Crippen LogP contribution in [0.3, 0.4) is 0 Å². The predicted octanol–water partition coefficient (Wildman–Crippen LogP) is 4.23. The number of aromatic amines is 1. The molecular weight excluding hydrogens is 282 g/mol. The summed E-state index contributed by atoms with van der Waals surface area (Å²) >= 11 is 0. The van der Waals surface area contributed by atoms with Gasteiger partial charge < -0.3 is 14.5 Å². The topological polar surface area (TPSA) is 76.0 Å². The lowest BCUT2D eigenvalue weighted by atomic mass is 10.1. The van der Waals surface area contributed by atoms with Gasteiger partial charge in [-0.2, -0.15) is 0 Å². The average Bonchev–Trinajstić information content (AvgIpc) is 2.80. The van der Waals surface area contributed by atoms with E-state index >= 15 is 0 Å². The van der Waals surface area contributed by atoms with Crippen LogP contribution in [0, 0.1) is 13.8 Å². The summed E-state index contributed by atoms with van der Waals surface area (Å²) in [6, 6.07) is 7.33. The third-order valence-corrected chi connectivity index (χ3v) is 3.23. The zero-order chi connectivity index (χ0) is 16.1. The second kappa shape index (κ2) is 6.89. The van der Waals surface area contributed by atoms with E-state index in [-0.39, 0.29) is 5.97 Å². The van der Waals surface area contributed by atoms with Gasteiger partial charge in [-0.05, 0) is 32.9 Å². The molecule has 0 spiro atoms. The summed E-state index contributed by atoms with van der Waals surface area (Å²) in [7, 11) is 1.58. The number of nitrogens with one attached hydrogen (secondary N) is 1. The molecule has 0 saturated carbocycles. The molecule has 6 heteroatoms. The number of rotatable bonds is 5. The number of methoxy groups -OCH3 is 1. The second-order valence-electron chi connectivity index (χ2n) is 4.69. The van der Waals surface area contributed by atoms with Crippen LogP contribution in [-0.2, 0) is 4.74 Å². The van der Waals surface area contributed by atoms with Gasteiger partial charge in [0.05, 0.1) is 19.3 Å².